The largest absolute Gasteiger partial charge is 0.468 e. The standard InChI is InChI=1S/C21H22ClFN2O5S/c1-4-29-21(26)20-13(2)17(14(3)24-20)12-25(11-15-6-5-9-30-15)31(27,28)16-7-8-19(23)18(22)10-16/h5-10,24H,4,11-12H2,1-3H3. The number of carbonyl (C=O) groups excluding carboxylic acids is 1. The van der Waals surface area contributed by atoms with E-state index >= 15 is 0 Å². The first-order chi connectivity index (χ1) is 14.6. The second-order valence-electron chi connectivity index (χ2n) is 6.88. The lowest BCUT2D eigenvalue weighted by atomic mass is 10.1. The van der Waals surface area contributed by atoms with Gasteiger partial charge in [-0.05, 0) is 62.2 Å². The Labute approximate surface area is 184 Å². The maximum absolute atomic E-state index is 13.6. The molecule has 10 heteroatoms. The van der Waals surface area contributed by atoms with Gasteiger partial charge in [0.05, 0.1) is 29.3 Å². The number of rotatable bonds is 8. The van der Waals surface area contributed by atoms with Crippen LogP contribution in [0.2, 0.25) is 5.02 Å². The van der Waals surface area contributed by atoms with Gasteiger partial charge in [0.2, 0.25) is 10.0 Å². The summed E-state index contributed by atoms with van der Waals surface area (Å²) in [6.45, 7) is 5.27. The van der Waals surface area contributed by atoms with Crippen molar-refractivity contribution in [3.8, 4) is 0 Å². The van der Waals surface area contributed by atoms with Crippen molar-refractivity contribution < 1.29 is 26.8 Å². The monoisotopic (exact) mass is 468 g/mol. The molecular weight excluding hydrogens is 447 g/mol. The van der Waals surface area contributed by atoms with Crippen molar-refractivity contribution in [3.63, 3.8) is 0 Å². The van der Waals surface area contributed by atoms with E-state index in [1.54, 1.807) is 32.9 Å². The number of nitrogens with zero attached hydrogens (tertiary/aromatic N) is 1. The van der Waals surface area contributed by atoms with Crippen LogP contribution in [-0.4, -0.2) is 30.3 Å². The maximum atomic E-state index is 13.6. The van der Waals surface area contributed by atoms with Gasteiger partial charge in [-0.3, -0.25) is 0 Å². The topological polar surface area (TPSA) is 92.6 Å². The van der Waals surface area contributed by atoms with Crippen LogP contribution in [-0.2, 0) is 27.8 Å². The summed E-state index contributed by atoms with van der Waals surface area (Å²) in [7, 11) is -4.08. The molecule has 2 aromatic heterocycles. The number of benzene rings is 1. The van der Waals surface area contributed by atoms with Gasteiger partial charge in [-0.1, -0.05) is 11.6 Å². The third kappa shape index (κ3) is 4.84. The molecule has 1 aromatic carbocycles. The molecule has 0 saturated carbocycles. The van der Waals surface area contributed by atoms with Gasteiger partial charge in [0.25, 0.3) is 0 Å². The SMILES string of the molecule is CCOC(=O)c1[nH]c(C)c(CN(Cc2ccco2)S(=O)(=O)c2ccc(F)c(Cl)c2)c1C. The molecule has 3 aromatic rings. The van der Waals surface area contributed by atoms with E-state index in [-0.39, 0.29) is 35.3 Å². The lowest BCUT2D eigenvalue weighted by molar-refractivity contribution is 0.0519. The first kappa shape index (κ1) is 23.1. The average molecular weight is 469 g/mol. The molecule has 0 aliphatic carbocycles. The molecule has 0 bridgehead atoms. The zero-order chi connectivity index (χ0) is 22.8. The minimum absolute atomic E-state index is 0.0500. The summed E-state index contributed by atoms with van der Waals surface area (Å²) in [6.07, 6.45) is 1.44. The van der Waals surface area contributed by atoms with Crippen LogP contribution >= 0.6 is 11.6 Å². The fraction of sp³-hybridized carbons (Fsp3) is 0.286. The molecule has 0 radical (unpaired) electrons. The van der Waals surface area contributed by atoms with Crippen molar-refractivity contribution >= 4 is 27.6 Å². The Balaban J connectivity index is 2.03. The van der Waals surface area contributed by atoms with Crippen LogP contribution in [0.1, 0.15) is 40.0 Å². The highest BCUT2D eigenvalue weighted by Gasteiger charge is 2.29. The second-order valence-corrected chi connectivity index (χ2v) is 9.22. The minimum atomic E-state index is -4.08. The smallest absolute Gasteiger partial charge is 0.355 e. The zero-order valence-electron chi connectivity index (χ0n) is 17.2. The first-order valence-electron chi connectivity index (χ1n) is 9.47. The summed E-state index contributed by atoms with van der Waals surface area (Å²) in [6, 6.07) is 6.54. The number of H-pyrrole nitrogens is 1. The average Bonchev–Trinajstić information content (AvgIpc) is 3.32. The molecule has 0 fully saturated rings. The van der Waals surface area contributed by atoms with Crippen molar-refractivity contribution in [2.75, 3.05) is 6.61 Å². The van der Waals surface area contributed by atoms with E-state index in [0.29, 0.717) is 22.6 Å². The summed E-state index contributed by atoms with van der Waals surface area (Å²) in [5.41, 5.74) is 2.13. The highest BCUT2D eigenvalue weighted by molar-refractivity contribution is 7.89. The number of aryl methyl sites for hydroxylation is 1. The van der Waals surface area contributed by atoms with Gasteiger partial charge in [-0.2, -0.15) is 4.31 Å². The van der Waals surface area contributed by atoms with E-state index in [4.69, 9.17) is 20.8 Å². The van der Waals surface area contributed by atoms with Crippen molar-refractivity contribution in [1.29, 1.82) is 0 Å². The maximum Gasteiger partial charge on any atom is 0.355 e. The molecule has 0 atom stereocenters. The number of carbonyl (C=O) groups is 1. The van der Waals surface area contributed by atoms with Gasteiger partial charge in [-0.25, -0.2) is 17.6 Å². The van der Waals surface area contributed by atoms with Crippen molar-refractivity contribution in [3.05, 3.63) is 75.7 Å². The Kier molecular flexibility index (Phi) is 6.88. The van der Waals surface area contributed by atoms with Crippen LogP contribution in [0, 0.1) is 19.7 Å². The summed E-state index contributed by atoms with van der Waals surface area (Å²) >= 11 is 5.81. The lowest BCUT2D eigenvalue weighted by Gasteiger charge is -2.22. The number of aromatic amines is 1. The molecule has 0 saturated heterocycles. The van der Waals surface area contributed by atoms with Crippen LogP contribution in [0.4, 0.5) is 4.39 Å². The lowest BCUT2D eigenvalue weighted by Crippen LogP contribution is -2.30. The number of nitrogens with one attached hydrogen (secondary N) is 1. The summed E-state index contributed by atoms with van der Waals surface area (Å²) < 4.78 is 52.0. The number of sulfonamides is 1. The van der Waals surface area contributed by atoms with Gasteiger partial charge >= 0.3 is 5.97 Å². The summed E-state index contributed by atoms with van der Waals surface area (Å²) in [4.78, 5) is 15.0. The predicted molar refractivity (Wildman–Crippen MR) is 113 cm³/mol. The quantitative estimate of drug-likeness (QED) is 0.488. The molecule has 0 unspecified atom stereocenters. The highest BCUT2D eigenvalue weighted by Crippen LogP contribution is 2.28. The molecule has 0 aliphatic heterocycles. The van der Waals surface area contributed by atoms with Crippen LogP contribution in [0.25, 0.3) is 0 Å². The van der Waals surface area contributed by atoms with Gasteiger partial charge in [0.1, 0.15) is 17.3 Å². The van der Waals surface area contributed by atoms with Crippen molar-refractivity contribution in [2.45, 2.75) is 38.8 Å². The van der Waals surface area contributed by atoms with Crippen molar-refractivity contribution in [1.82, 2.24) is 9.29 Å². The van der Waals surface area contributed by atoms with Crippen molar-refractivity contribution in [2.24, 2.45) is 0 Å². The van der Waals surface area contributed by atoms with Crippen LogP contribution < -0.4 is 0 Å². The number of aromatic nitrogens is 1. The van der Waals surface area contributed by atoms with Gasteiger partial charge in [0, 0.05) is 12.2 Å². The third-order valence-corrected chi connectivity index (χ3v) is 6.93. The Hall–Kier alpha value is -2.62. The Bertz CT molecular complexity index is 1190. The Morgan fingerprint density at radius 1 is 1.26 bits per heavy atom. The molecule has 7 nitrogen and oxygen atoms in total. The minimum Gasteiger partial charge on any atom is -0.468 e. The Morgan fingerprint density at radius 3 is 2.61 bits per heavy atom. The van der Waals surface area contributed by atoms with E-state index in [1.807, 2.05) is 0 Å². The van der Waals surface area contributed by atoms with Crippen LogP contribution in [0.5, 0.6) is 0 Å². The third-order valence-electron chi connectivity index (χ3n) is 4.85. The van der Waals surface area contributed by atoms with Crippen LogP contribution in [0.3, 0.4) is 0 Å². The van der Waals surface area contributed by atoms with E-state index in [0.717, 1.165) is 18.2 Å². The molecule has 0 aliphatic rings. The highest BCUT2D eigenvalue weighted by atomic mass is 35.5. The van der Waals surface area contributed by atoms with E-state index < -0.39 is 21.8 Å². The molecule has 31 heavy (non-hydrogen) atoms. The fourth-order valence-electron chi connectivity index (χ4n) is 3.20. The molecule has 1 N–H and O–H groups in total. The zero-order valence-corrected chi connectivity index (χ0v) is 18.8. The molecule has 166 valence electrons. The number of hydrogen-bond acceptors (Lipinski definition) is 5. The number of hydrogen-bond donors (Lipinski definition) is 1. The number of furan rings is 1. The molecule has 2 heterocycles. The first-order valence-corrected chi connectivity index (χ1v) is 11.3. The molecule has 0 spiro atoms. The number of ether oxygens (including phenoxy) is 1. The van der Waals surface area contributed by atoms with Gasteiger partial charge in [0.15, 0.2) is 0 Å². The van der Waals surface area contributed by atoms with E-state index in [2.05, 4.69) is 4.98 Å². The molecule has 3 rings (SSSR count). The van der Waals surface area contributed by atoms with E-state index in [1.165, 1.54) is 10.6 Å². The number of esters is 1. The fourth-order valence-corrected chi connectivity index (χ4v) is 4.84. The van der Waals surface area contributed by atoms with Crippen LogP contribution in [0.15, 0.2) is 45.9 Å². The Morgan fingerprint density at radius 2 is 2.00 bits per heavy atom. The van der Waals surface area contributed by atoms with Gasteiger partial charge < -0.3 is 14.1 Å². The number of halogens is 2. The second kappa shape index (κ2) is 9.25. The van der Waals surface area contributed by atoms with E-state index in [9.17, 15) is 17.6 Å². The normalized spacial score (nSPS) is 11.8. The predicted octanol–water partition coefficient (Wildman–Crippen LogP) is 4.58. The van der Waals surface area contributed by atoms with Gasteiger partial charge in [-0.15, -0.1) is 0 Å². The summed E-state index contributed by atoms with van der Waals surface area (Å²) in [5.74, 6) is -0.803. The summed E-state index contributed by atoms with van der Waals surface area (Å²) in [5, 5.41) is -0.294. The molecule has 0 amide bonds. The molecular formula is C21H22ClFN2O5S.